The zero-order valence-corrected chi connectivity index (χ0v) is 23.6. The lowest BCUT2D eigenvalue weighted by atomic mass is 10.0. The van der Waals surface area contributed by atoms with Gasteiger partial charge >= 0.3 is 5.97 Å². The van der Waals surface area contributed by atoms with Crippen LogP contribution in [-0.4, -0.2) is 70.8 Å². The third-order valence-electron chi connectivity index (χ3n) is 6.00. The first-order chi connectivity index (χ1) is 18.6. The van der Waals surface area contributed by atoms with Crippen LogP contribution < -0.4 is 32.7 Å². The normalized spacial score (nSPS) is 14.8. The monoisotopic (exact) mass is 562 g/mol. The maximum Gasteiger partial charge on any atom is 0.326 e. The molecule has 0 aromatic heterocycles. The van der Waals surface area contributed by atoms with E-state index in [-0.39, 0.29) is 12.3 Å². The Kier molecular flexibility index (Phi) is 13.8. The first-order valence-electron chi connectivity index (χ1n) is 13.1. The second-order valence-corrected chi connectivity index (χ2v) is 10.5. The number of nitrogens with two attached hydrogens (primary N) is 2. The van der Waals surface area contributed by atoms with Crippen molar-refractivity contribution in [3.8, 4) is 0 Å². The summed E-state index contributed by atoms with van der Waals surface area (Å²) in [5.41, 5.74) is 11.8. The predicted molar refractivity (Wildman–Crippen MR) is 147 cm³/mol. The number of benzene rings is 1. The van der Waals surface area contributed by atoms with Crippen molar-refractivity contribution in [3.05, 3.63) is 35.9 Å². The number of rotatable bonds is 16. The minimum atomic E-state index is -1.47. The molecular weight excluding hydrogens is 520 g/mol. The van der Waals surface area contributed by atoms with Gasteiger partial charge in [-0.2, -0.15) is 0 Å². The number of amides is 5. The van der Waals surface area contributed by atoms with Crippen LogP contribution in [0.5, 0.6) is 0 Å². The Balaban J connectivity index is 3.09. The molecule has 222 valence electrons. The molecule has 0 fully saturated rings. The Morgan fingerprint density at radius 2 is 1.32 bits per heavy atom. The fourth-order valence-electron chi connectivity index (χ4n) is 3.81. The molecule has 0 aliphatic rings. The Hall–Kier alpha value is -4.00. The lowest BCUT2D eigenvalue weighted by molar-refractivity contribution is -0.143. The van der Waals surface area contributed by atoms with Crippen LogP contribution in [0.3, 0.4) is 0 Å². The average molecular weight is 563 g/mol. The molecule has 0 saturated carbocycles. The molecule has 13 nitrogen and oxygen atoms in total. The Morgan fingerprint density at radius 3 is 1.82 bits per heavy atom. The first-order valence-corrected chi connectivity index (χ1v) is 13.1. The van der Waals surface area contributed by atoms with Gasteiger partial charge in [-0.05, 0) is 30.7 Å². The average Bonchev–Trinajstić information content (AvgIpc) is 2.85. The molecular formula is C27H42N6O7. The smallest absolute Gasteiger partial charge is 0.326 e. The molecule has 0 unspecified atom stereocenters. The SMILES string of the molecule is CC(C)C[C@H](N)C(=O)N[C@@H](C)C(=O)N[C@@H](CC(N)=O)C(=O)N[C@@H](Cc1ccccc1)C(=O)N[C@H](C(=O)O)C(C)C. The van der Waals surface area contributed by atoms with Crippen molar-refractivity contribution in [2.24, 2.45) is 23.3 Å². The molecule has 13 heteroatoms. The number of carboxylic acid groups (broad SMARTS) is 1. The van der Waals surface area contributed by atoms with Crippen LogP contribution in [0.4, 0.5) is 0 Å². The lowest BCUT2D eigenvalue weighted by Gasteiger charge is -2.26. The van der Waals surface area contributed by atoms with Crippen molar-refractivity contribution >= 4 is 35.5 Å². The summed E-state index contributed by atoms with van der Waals surface area (Å²) < 4.78 is 0. The van der Waals surface area contributed by atoms with Crippen molar-refractivity contribution in [3.63, 3.8) is 0 Å². The molecule has 0 heterocycles. The second kappa shape index (κ2) is 16.2. The van der Waals surface area contributed by atoms with Gasteiger partial charge in [0.05, 0.1) is 12.5 Å². The van der Waals surface area contributed by atoms with E-state index in [1.165, 1.54) is 6.92 Å². The summed E-state index contributed by atoms with van der Waals surface area (Å²) in [5.74, 6) is -5.41. The van der Waals surface area contributed by atoms with Crippen LogP contribution >= 0.6 is 0 Å². The number of hydrogen-bond donors (Lipinski definition) is 7. The largest absolute Gasteiger partial charge is 0.480 e. The Labute approximate surface area is 234 Å². The van der Waals surface area contributed by atoms with Gasteiger partial charge in [0.15, 0.2) is 0 Å². The number of hydrogen-bond acceptors (Lipinski definition) is 7. The highest BCUT2D eigenvalue weighted by Crippen LogP contribution is 2.08. The summed E-state index contributed by atoms with van der Waals surface area (Å²) in [4.78, 5) is 74.7. The van der Waals surface area contributed by atoms with Gasteiger partial charge in [0, 0.05) is 6.42 Å². The van der Waals surface area contributed by atoms with E-state index in [0.29, 0.717) is 12.0 Å². The number of carbonyl (C=O) groups excluding carboxylic acids is 5. The van der Waals surface area contributed by atoms with Gasteiger partial charge in [0.2, 0.25) is 29.5 Å². The van der Waals surface area contributed by atoms with E-state index < -0.39 is 78.1 Å². The van der Waals surface area contributed by atoms with Crippen LogP contribution in [0.25, 0.3) is 0 Å². The molecule has 40 heavy (non-hydrogen) atoms. The van der Waals surface area contributed by atoms with Gasteiger partial charge in [0.25, 0.3) is 0 Å². The van der Waals surface area contributed by atoms with E-state index in [0.717, 1.165) is 0 Å². The quantitative estimate of drug-likeness (QED) is 0.134. The molecule has 1 rings (SSSR count). The zero-order chi connectivity index (χ0) is 30.6. The molecule has 1 aromatic rings. The highest BCUT2D eigenvalue weighted by molar-refractivity contribution is 5.97. The summed E-state index contributed by atoms with van der Waals surface area (Å²) in [6.07, 6.45) is -0.188. The van der Waals surface area contributed by atoms with E-state index in [1.807, 2.05) is 13.8 Å². The molecule has 9 N–H and O–H groups in total. The van der Waals surface area contributed by atoms with Gasteiger partial charge in [-0.1, -0.05) is 58.0 Å². The van der Waals surface area contributed by atoms with Crippen LogP contribution in [-0.2, 0) is 35.2 Å². The van der Waals surface area contributed by atoms with E-state index >= 15 is 0 Å². The molecule has 5 amide bonds. The van der Waals surface area contributed by atoms with Crippen molar-refractivity contribution in [2.45, 2.75) is 84.1 Å². The highest BCUT2D eigenvalue weighted by atomic mass is 16.4. The summed E-state index contributed by atoms with van der Waals surface area (Å²) in [6, 6.07) is 2.82. The second-order valence-electron chi connectivity index (χ2n) is 10.5. The summed E-state index contributed by atoms with van der Waals surface area (Å²) >= 11 is 0. The van der Waals surface area contributed by atoms with E-state index in [2.05, 4.69) is 21.3 Å². The molecule has 0 radical (unpaired) electrons. The number of nitrogens with one attached hydrogen (secondary N) is 4. The fourth-order valence-corrected chi connectivity index (χ4v) is 3.81. The van der Waals surface area contributed by atoms with Crippen LogP contribution in [0, 0.1) is 11.8 Å². The molecule has 1 aromatic carbocycles. The van der Waals surface area contributed by atoms with E-state index in [4.69, 9.17) is 11.5 Å². The Bertz CT molecular complexity index is 1050. The molecule has 0 bridgehead atoms. The summed E-state index contributed by atoms with van der Waals surface area (Å²) in [5, 5.41) is 19.3. The number of carboxylic acids is 1. The van der Waals surface area contributed by atoms with Gasteiger partial charge in [-0.25, -0.2) is 4.79 Å². The summed E-state index contributed by atoms with van der Waals surface area (Å²) in [7, 11) is 0. The molecule has 0 aliphatic heterocycles. The highest BCUT2D eigenvalue weighted by Gasteiger charge is 2.32. The zero-order valence-electron chi connectivity index (χ0n) is 23.6. The third-order valence-corrected chi connectivity index (χ3v) is 6.00. The molecule has 0 saturated heterocycles. The Morgan fingerprint density at radius 1 is 0.775 bits per heavy atom. The predicted octanol–water partition coefficient (Wildman–Crippen LogP) is -0.822. The van der Waals surface area contributed by atoms with Crippen molar-refractivity contribution in [1.29, 1.82) is 0 Å². The summed E-state index contributed by atoms with van der Waals surface area (Å²) in [6.45, 7) is 8.42. The molecule has 5 atom stereocenters. The molecule has 0 spiro atoms. The number of aliphatic carboxylic acids is 1. The number of carbonyl (C=O) groups is 6. The third kappa shape index (κ3) is 11.8. The maximum atomic E-state index is 13.2. The van der Waals surface area contributed by atoms with Crippen molar-refractivity contribution in [1.82, 2.24) is 21.3 Å². The van der Waals surface area contributed by atoms with E-state index in [1.54, 1.807) is 44.2 Å². The van der Waals surface area contributed by atoms with Crippen LogP contribution in [0.15, 0.2) is 30.3 Å². The topological polar surface area (TPSA) is 223 Å². The van der Waals surface area contributed by atoms with Gasteiger partial charge in [0.1, 0.15) is 24.2 Å². The van der Waals surface area contributed by atoms with Crippen LogP contribution in [0.2, 0.25) is 0 Å². The van der Waals surface area contributed by atoms with Crippen LogP contribution in [0.1, 0.15) is 53.0 Å². The minimum Gasteiger partial charge on any atom is -0.480 e. The fraction of sp³-hybridized carbons (Fsp3) is 0.556. The van der Waals surface area contributed by atoms with Crippen molar-refractivity contribution < 1.29 is 33.9 Å². The van der Waals surface area contributed by atoms with Crippen molar-refractivity contribution in [2.75, 3.05) is 0 Å². The van der Waals surface area contributed by atoms with Gasteiger partial charge in [-0.3, -0.25) is 24.0 Å². The van der Waals surface area contributed by atoms with E-state index in [9.17, 15) is 33.9 Å². The lowest BCUT2D eigenvalue weighted by Crippen LogP contribution is -2.59. The standard InChI is InChI=1S/C27H42N6O7/c1-14(2)11-18(28)24(36)30-16(5)23(35)31-20(13-21(29)34)25(37)32-19(12-17-9-7-6-8-10-17)26(38)33-22(15(3)4)27(39)40/h6-10,14-16,18-20,22H,11-13,28H2,1-5H3,(H2,29,34)(H,30,36)(H,31,35)(H,32,37)(H,33,38)(H,39,40)/t16-,18-,19-,20-,22-/m0/s1. The number of primary amides is 1. The minimum absolute atomic E-state index is 0.000283. The van der Waals surface area contributed by atoms with Gasteiger partial charge in [-0.15, -0.1) is 0 Å². The molecule has 0 aliphatic carbocycles. The first kappa shape index (κ1) is 34.0. The van der Waals surface area contributed by atoms with Gasteiger partial charge < -0.3 is 37.8 Å². The maximum absolute atomic E-state index is 13.2.